The van der Waals surface area contributed by atoms with Gasteiger partial charge in [-0.2, -0.15) is 0 Å². The summed E-state index contributed by atoms with van der Waals surface area (Å²) in [5.41, 5.74) is 5.57. The highest BCUT2D eigenvalue weighted by atomic mass is 16.4. The average Bonchev–Trinajstić information content (AvgIpc) is 2.26. The van der Waals surface area contributed by atoms with Gasteiger partial charge in [-0.05, 0) is 36.6 Å². The minimum Gasteiger partial charge on any atom is -0.481 e. The van der Waals surface area contributed by atoms with Crippen molar-refractivity contribution in [2.75, 3.05) is 6.54 Å². The molecule has 0 aromatic carbocycles. The summed E-state index contributed by atoms with van der Waals surface area (Å²) in [5.74, 6) is 0.355. The molecule has 3 N–H and O–H groups in total. The normalized spacial score (nSPS) is 39.3. The average molecular weight is 185 g/mol. The molecule has 0 spiro atoms. The molecule has 1 aliphatic carbocycles. The Morgan fingerprint density at radius 1 is 1.62 bits per heavy atom. The van der Waals surface area contributed by atoms with Crippen LogP contribution in [-0.2, 0) is 4.79 Å². The molecule has 0 amide bonds. The van der Waals surface area contributed by atoms with Crippen molar-refractivity contribution < 1.29 is 9.90 Å². The van der Waals surface area contributed by atoms with Crippen molar-refractivity contribution in [3.05, 3.63) is 0 Å². The van der Waals surface area contributed by atoms with Gasteiger partial charge >= 0.3 is 5.97 Å². The molecule has 0 bridgehead atoms. The van der Waals surface area contributed by atoms with E-state index in [1.165, 1.54) is 0 Å². The van der Waals surface area contributed by atoms with Crippen LogP contribution in [0.4, 0.5) is 0 Å². The first-order chi connectivity index (χ1) is 6.00. The number of hydrogen-bond donors (Lipinski definition) is 2. The second kappa shape index (κ2) is 3.66. The van der Waals surface area contributed by atoms with Gasteiger partial charge in [0.25, 0.3) is 0 Å². The van der Waals surface area contributed by atoms with Crippen molar-refractivity contribution in [2.45, 2.75) is 33.1 Å². The van der Waals surface area contributed by atoms with Crippen LogP contribution in [-0.4, -0.2) is 17.6 Å². The lowest BCUT2D eigenvalue weighted by atomic mass is 9.76. The van der Waals surface area contributed by atoms with Gasteiger partial charge in [-0.15, -0.1) is 0 Å². The third-order valence-electron chi connectivity index (χ3n) is 3.47. The summed E-state index contributed by atoms with van der Waals surface area (Å²) < 4.78 is 0. The first-order valence-electron chi connectivity index (χ1n) is 4.92. The number of rotatable bonds is 3. The van der Waals surface area contributed by atoms with E-state index in [0.29, 0.717) is 18.4 Å². The van der Waals surface area contributed by atoms with Crippen LogP contribution in [0, 0.1) is 17.3 Å². The van der Waals surface area contributed by atoms with Gasteiger partial charge in [-0.1, -0.05) is 13.8 Å². The molecule has 1 saturated carbocycles. The highest BCUT2D eigenvalue weighted by molar-refractivity contribution is 5.67. The predicted octanol–water partition coefficient (Wildman–Crippen LogP) is 1.47. The first-order valence-corrected chi connectivity index (χ1v) is 4.92. The Morgan fingerprint density at radius 3 is 2.54 bits per heavy atom. The van der Waals surface area contributed by atoms with Crippen molar-refractivity contribution in [3.8, 4) is 0 Å². The predicted molar refractivity (Wildman–Crippen MR) is 51.3 cm³/mol. The molecule has 0 saturated heterocycles. The molecule has 1 fully saturated rings. The molecule has 3 nitrogen and oxygen atoms in total. The van der Waals surface area contributed by atoms with Crippen LogP contribution in [0.3, 0.4) is 0 Å². The second-order valence-electron chi connectivity index (χ2n) is 4.58. The minimum atomic E-state index is -0.716. The quantitative estimate of drug-likeness (QED) is 0.700. The van der Waals surface area contributed by atoms with Gasteiger partial charge < -0.3 is 10.8 Å². The van der Waals surface area contributed by atoms with E-state index in [0.717, 1.165) is 12.8 Å². The standard InChI is InChI=1S/C10H19NO2/c1-7-3-8(2)10(4-7,6-11)5-9(12)13/h7-8H,3-6,11H2,1-2H3,(H,12,13)/t7-,8+,10+/m0/s1. The summed E-state index contributed by atoms with van der Waals surface area (Å²) in [7, 11) is 0. The number of aliphatic carboxylic acids is 1. The molecule has 0 heterocycles. The molecule has 0 aromatic heterocycles. The molecule has 76 valence electrons. The molecule has 1 aliphatic rings. The van der Waals surface area contributed by atoms with Gasteiger partial charge in [0.05, 0.1) is 6.42 Å². The molecule has 13 heavy (non-hydrogen) atoms. The SMILES string of the molecule is C[C@H]1C[C@@H](C)[C@@](CN)(CC(=O)O)C1. The van der Waals surface area contributed by atoms with Gasteiger partial charge in [0.1, 0.15) is 0 Å². The Kier molecular flexibility index (Phi) is 2.96. The number of nitrogens with two attached hydrogens (primary N) is 1. The van der Waals surface area contributed by atoms with Crippen LogP contribution in [0.15, 0.2) is 0 Å². The molecular weight excluding hydrogens is 166 g/mol. The fourth-order valence-electron chi connectivity index (χ4n) is 2.74. The number of carbonyl (C=O) groups is 1. The zero-order valence-corrected chi connectivity index (χ0v) is 8.42. The molecule has 3 atom stereocenters. The third-order valence-corrected chi connectivity index (χ3v) is 3.47. The van der Waals surface area contributed by atoms with Crippen molar-refractivity contribution in [1.82, 2.24) is 0 Å². The Morgan fingerprint density at radius 2 is 2.23 bits per heavy atom. The summed E-state index contributed by atoms with van der Waals surface area (Å²) >= 11 is 0. The van der Waals surface area contributed by atoms with E-state index >= 15 is 0 Å². The summed E-state index contributed by atoms with van der Waals surface area (Å²) in [6, 6.07) is 0. The van der Waals surface area contributed by atoms with E-state index in [2.05, 4.69) is 13.8 Å². The highest BCUT2D eigenvalue weighted by Crippen LogP contribution is 2.47. The highest BCUT2D eigenvalue weighted by Gasteiger charge is 2.43. The molecule has 1 rings (SSSR count). The first kappa shape index (κ1) is 10.5. The van der Waals surface area contributed by atoms with E-state index in [9.17, 15) is 4.79 Å². The number of carboxylic acids is 1. The summed E-state index contributed by atoms with van der Waals surface area (Å²) in [5, 5.41) is 8.82. The van der Waals surface area contributed by atoms with Crippen LogP contribution >= 0.6 is 0 Å². The molecule has 0 radical (unpaired) electrons. The van der Waals surface area contributed by atoms with Crippen LogP contribution in [0.2, 0.25) is 0 Å². The number of hydrogen-bond acceptors (Lipinski definition) is 2. The fraction of sp³-hybridized carbons (Fsp3) is 0.900. The topological polar surface area (TPSA) is 63.3 Å². The zero-order valence-electron chi connectivity index (χ0n) is 8.42. The van der Waals surface area contributed by atoms with Crippen molar-refractivity contribution in [2.24, 2.45) is 23.0 Å². The fourth-order valence-corrected chi connectivity index (χ4v) is 2.74. The smallest absolute Gasteiger partial charge is 0.303 e. The minimum absolute atomic E-state index is 0.134. The van der Waals surface area contributed by atoms with Crippen LogP contribution in [0.25, 0.3) is 0 Å². The van der Waals surface area contributed by atoms with Gasteiger partial charge in [0.15, 0.2) is 0 Å². The lowest BCUT2D eigenvalue weighted by molar-refractivity contribution is -0.140. The monoisotopic (exact) mass is 185 g/mol. The van der Waals surface area contributed by atoms with Crippen molar-refractivity contribution in [1.29, 1.82) is 0 Å². The van der Waals surface area contributed by atoms with Gasteiger partial charge in [-0.3, -0.25) is 4.79 Å². The zero-order chi connectivity index (χ0) is 10.1. The van der Waals surface area contributed by atoms with Crippen molar-refractivity contribution >= 4 is 5.97 Å². The molecule has 0 aromatic rings. The van der Waals surface area contributed by atoms with Gasteiger partial charge in [-0.25, -0.2) is 0 Å². The molecular formula is C10H19NO2. The maximum Gasteiger partial charge on any atom is 0.303 e. The largest absolute Gasteiger partial charge is 0.481 e. The lowest BCUT2D eigenvalue weighted by Crippen LogP contribution is -2.35. The molecule has 3 heteroatoms. The van der Waals surface area contributed by atoms with Crippen molar-refractivity contribution in [3.63, 3.8) is 0 Å². The third kappa shape index (κ3) is 2.02. The van der Waals surface area contributed by atoms with E-state index in [1.807, 2.05) is 0 Å². The second-order valence-corrected chi connectivity index (χ2v) is 4.58. The molecule has 0 unspecified atom stereocenters. The van der Waals surface area contributed by atoms with E-state index in [1.54, 1.807) is 0 Å². The van der Waals surface area contributed by atoms with Gasteiger partial charge in [0.2, 0.25) is 0 Å². The summed E-state index contributed by atoms with van der Waals surface area (Å²) in [4.78, 5) is 10.7. The Hall–Kier alpha value is -0.570. The van der Waals surface area contributed by atoms with Crippen LogP contribution in [0.5, 0.6) is 0 Å². The Balaban J connectivity index is 2.74. The Labute approximate surface area is 79.3 Å². The number of carboxylic acid groups (broad SMARTS) is 1. The summed E-state index contributed by atoms with van der Waals surface area (Å²) in [6.45, 7) is 4.81. The Bertz CT molecular complexity index is 205. The van der Waals surface area contributed by atoms with E-state index in [-0.39, 0.29) is 11.8 Å². The van der Waals surface area contributed by atoms with Crippen LogP contribution in [0.1, 0.15) is 33.1 Å². The molecule has 0 aliphatic heterocycles. The van der Waals surface area contributed by atoms with Crippen LogP contribution < -0.4 is 5.73 Å². The van der Waals surface area contributed by atoms with Gasteiger partial charge in [0, 0.05) is 0 Å². The van der Waals surface area contributed by atoms with E-state index in [4.69, 9.17) is 10.8 Å². The maximum absolute atomic E-state index is 10.7. The van der Waals surface area contributed by atoms with E-state index < -0.39 is 5.97 Å². The maximum atomic E-state index is 10.7. The summed E-state index contributed by atoms with van der Waals surface area (Å²) in [6.07, 6.45) is 2.32. The lowest BCUT2D eigenvalue weighted by Gasteiger charge is -2.30.